The van der Waals surface area contributed by atoms with Gasteiger partial charge in [0.25, 0.3) is 0 Å². The van der Waals surface area contributed by atoms with Crippen LogP contribution in [0, 0.1) is 13.8 Å². The van der Waals surface area contributed by atoms with E-state index in [1.165, 1.54) is 33.0 Å². The van der Waals surface area contributed by atoms with Crippen LogP contribution in [0.4, 0.5) is 0 Å². The van der Waals surface area contributed by atoms with Crippen LogP contribution in [0.25, 0.3) is 21.9 Å². The maximum Gasteiger partial charge on any atom is 0.119 e. The summed E-state index contributed by atoms with van der Waals surface area (Å²) in [6.45, 7) is 4.33. The van der Waals surface area contributed by atoms with E-state index in [1.807, 2.05) is 18.2 Å². The fourth-order valence-electron chi connectivity index (χ4n) is 2.82. The molecule has 2 heteroatoms. The van der Waals surface area contributed by atoms with Crippen LogP contribution >= 0.6 is 0 Å². The molecule has 2 nitrogen and oxygen atoms in total. The fourth-order valence-corrected chi connectivity index (χ4v) is 2.82. The first-order chi connectivity index (χ1) is 10.6. The Morgan fingerprint density at radius 2 is 1.32 bits per heavy atom. The third-order valence-electron chi connectivity index (χ3n) is 4.27. The highest BCUT2D eigenvalue weighted by Gasteiger charge is 2.10. The van der Waals surface area contributed by atoms with Gasteiger partial charge in [0.05, 0.1) is 14.2 Å². The number of benzene rings is 3. The molecule has 0 aliphatic rings. The van der Waals surface area contributed by atoms with Crippen LogP contribution in [0.1, 0.15) is 11.1 Å². The lowest BCUT2D eigenvalue weighted by atomic mass is 9.92. The highest BCUT2D eigenvalue weighted by atomic mass is 16.5. The Labute approximate surface area is 131 Å². The molecule has 0 amide bonds. The predicted molar refractivity (Wildman–Crippen MR) is 92.0 cm³/mol. The zero-order chi connectivity index (χ0) is 15.7. The molecule has 0 spiro atoms. The first kappa shape index (κ1) is 14.5. The van der Waals surface area contributed by atoms with E-state index in [9.17, 15) is 0 Å². The van der Waals surface area contributed by atoms with Gasteiger partial charge in [-0.05, 0) is 71.1 Å². The number of hydrogen-bond acceptors (Lipinski definition) is 2. The number of methoxy groups -OCH3 is 2. The van der Waals surface area contributed by atoms with Crippen LogP contribution in [-0.2, 0) is 0 Å². The SMILES string of the molecule is COc1ccc(-c2cc(C)c(C)c3ccc(OC)cc23)cc1. The Balaban J connectivity index is 2.28. The molecule has 0 bridgehead atoms. The van der Waals surface area contributed by atoms with Crippen molar-refractivity contribution in [2.45, 2.75) is 13.8 Å². The summed E-state index contributed by atoms with van der Waals surface area (Å²) in [5, 5.41) is 2.49. The molecule has 0 atom stereocenters. The van der Waals surface area contributed by atoms with Crippen molar-refractivity contribution in [3.8, 4) is 22.6 Å². The molecular formula is C20H20O2. The van der Waals surface area contributed by atoms with Gasteiger partial charge in [0, 0.05) is 0 Å². The summed E-state index contributed by atoms with van der Waals surface area (Å²) in [5.41, 5.74) is 5.01. The minimum absolute atomic E-state index is 0.870. The van der Waals surface area contributed by atoms with Crippen LogP contribution in [0.15, 0.2) is 48.5 Å². The van der Waals surface area contributed by atoms with E-state index >= 15 is 0 Å². The molecule has 0 saturated heterocycles. The van der Waals surface area contributed by atoms with Crippen molar-refractivity contribution in [1.29, 1.82) is 0 Å². The Morgan fingerprint density at radius 3 is 1.95 bits per heavy atom. The number of fused-ring (bicyclic) bond motifs is 1. The molecular weight excluding hydrogens is 272 g/mol. The molecule has 0 saturated carbocycles. The molecule has 3 aromatic rings. The van der Waals surface area contributed by atoms with Crippen LogP contribution in [0.3, 0.4) is 0 Å². The number of hydrogen-bond donors (Lipinski definition) is 0. The standard InChI is InChI=1S/C20H20O2/c1-13-11-19(15-5-7-16(21-3)8-6-15)20-12-17(22-4)9-10-18(20)14(13)2/h5-12H,1-4H3. The van der Waals surface area contributed by atoms with E-state index in [4.69, 9.17) is 9.47 Å². The summed E-state index contributed by atoms with van der Waals surface area (Å²) in [4.78, 5) is 0. The quantitative estimate of drug-likeness (QED) is 0.665. The van der Waals surface area contributed by atoms with Gasteiger partial charge >= 0.3 is 0 Å². The smallest absolute Gasteiger partial charge is 0.119 e. The minimum Gasteiger partial charge on any atom is -0.497 e. The second-order valence-electron chi connectivity index (χ2n) is 5.51. The van der Waals surface area contributed by atoms with Gasteiger partial charge in [0.2, 0.25) is 0 Å². The lowest BCUT2D eigenvalue weighted by Gasteiger charge is -2.14. The number of rotatable bonds is 3. The third kappa shape index (κ3) is 2.41. The van der Waals surface area contributed by atoms with Crippen LogP contribution in [0.2, 0.25) is 0 Å². The molecule has 0 radical (unpaired) electrons. The topological polar surface area (TPSA) is 18.5 Å². The first-order valence-electron chi connectivity index (χ1n) is 7.36. The van der Waals surface area contributed by atoms with Crippen LogP contribution in [0.5, 0.6) is 11.5 Å². The molecule has 3 rings (SSSR count). The molecule has 3 aromatic carbocycles. The molecule has 0 N–H and O–H groups in total. The molecule has 0 aliphatic heterocycles. The van der Waals surface area contributed by atoms with Crippen molar-refractivity contribution in [2.24, 2.45) is 0 Å². The summed E-state index contributed by atoms with van der Waals surface area (Å²) in [7, 11) is 3.39. The largest absolute Gasteiger partial charge is 0.497 e. The summed E-state index contributed by atoms with van der Waals surface area (Å²) >= 11 is 0. The predicted octanol–water partition coefficient (Wildman–Crippen LogP) is 5.14. The number of ether oxygens (including phenoxy) is 2. The third-order valence-corrected chi connectivity index (χ3v) is 4.27. The number of aryl methyl sites for hydroxylation is 2. The molecule has 0 aromatic heterocycles. The van der Waals surface area contributed by atoms with Crippen molar-refractivity contribution in [3.63, 3.8) is 0 Å². The normalized spacial score (nSPS) is 10.7. The average Bonchev–Trinajstić information content (AvgIpc) is 2.57. The second-order valence-corrected chi connectivity index (χ2v) is 5.51. The second kappa shape index (κ2) is 5.72. The maximum atomic E-state index is 5.40. The molecule has 0 heterocycles. The minimum atomic E-state index is 0.870. The molecule has 22 heavy (non-hydrogen) atoms. The molecule has 0 fully saturated rings. The van der Waals surface area contributed by atoms with Gasteiger partial charge in [-0.25, -0.2) is 0 Å². The van der Waals surface area contributed by atoms with E-state index in [-0.39, 0.29) is 0 Å². The van der Waals surface area contributed by atoms with E-state index in [1.54, 1.807) is 14.2 Å². The Morgan fingerprint density at radius 1 is 0.682 bits per heavy atom. The monoisotopic (exact) mass is 292 g/mol. The molecule has 112 valence electrons. The van der Waals surface area contributed by atoms with Gasteiger partial charge in [0.1, 0.15) is 11.5 Å². The van der Waals surface area contributed by atoms with Gasteiger partial charge in [-0.2, -0.15) is 0 Å². The zero-order valence-electron chi connectivity index (χ0n) is 13.4. The Bertz CT molecular complexity index is 817. The van der Waals surface area contributed by atoms with Crippen molar-refractivity contribution in [3.05, 3.63) is 59.7 Å². The zero-order valence-corrected chi connectivity index (χ0v) is 13.4. The van der Waals surface area contributed by atoms with Crippen molar-refractivity contribution >= 4 is 10.8 Å². The summed E-state index contributed by atoms with van der Waals surface area (Å²) in [5.74, 6) is 1.75. The van der Waals surface area contributed by atoms with Gasteiger partial charge in [-0.1, -0.05) is 24.3 Å². The van der Waals surface area contributed by atoms with E-state index in [0.29, 0.717) is 0 Å². The summed E-state index contributed by atoms with van der Waals surface area (Å²) in [6.07, 6.45) is 0. The molecule has 0 unspecified atom stereocenters. The van der Waals surface area contributed by atoms with Gasteiger partial charge < -0.3 is 9.47 Å². The lowest BCUT2D eigenvalue weighted by molar-refractivity contribution is 0.415. The van der Waals surface area contributed by atoms with E-state index in [0.717, 1.165) is 11.5 Å². The van der Waals surface area contributed by atoms with Gasteiger partial charge in [-0.15, -0.1) is 0 Å². The van der Waals surface area contributed by atoms with Crippen LogP contribution < -0.4 is 9.47 Å². The van der Waals surface area contributed by atoms with Crippen molar-refractivity contribution in [2.75, 3.05) is 14.2 Å². The highest BCUT2D eigenvalue weighted by molar-refractivity contribution is 6.00. The highest BCUT2D eigenvalue weighted by Crippen LogP contribution is 2.35. The summed E-state index contributed by atoms with van der Waals surface area (Å²) in [6, 6.07) is 16.7. The maximum absolute atomic E-state index is 5.40. The van der Waals surface area contributed by atoms with Crippen molar-refractivity contribution < 1.29 is 9.47 Å². The first-order valence-corrected chi connectivity index (χ1v) is 7.36. The lowest BCUT2D eigenvalue weighted by Crippen LogP contribution is -1.91. The Kier molecular flexibility index (Phi) is 3.76. The van der Waals surface area contributed by atoms with Gasteiger partial charge in [0.15, 0.2) is 0 Å². The Hall–Kier alpha value is -2.48. The van der Waals surface area contributed by atoms with Gasteiger partial charge in [-0.3, -0.25) is 0 Å². The molecule has 0 aliphatic carbocycles. The fraction of sp³-hybridized carbons (Fsp3) is 0.200. The van der Waals surface area contributed by atoms with E-state index < -0.39 is 0 Å². The van der Waals surface area contributed by atoms with E-state index in [2.05, 4.69) is 44.2 Å². The van der Waals surface area contributed by atoms with Crippen molar-refractivity contribution in [1.82, 2.24) is 0 Å². The summed E-state index contributed by atoms with van der Waals surface area (Å²) < 4.78 is 10.7. The average molecular weight is 292 g/mol. The van der Waals surface area contributed by atoms with Crippen LogP contribution in [-0.4, -0.2) is 14.2 Å².